The van der Waals surface area contributed by atoms with E-state index in [9.17, 15) is 24.0 Å². The Bertz CT molecular complexity index is 1500. The molecule has 1 aromatic heterocycles. The van der Waals surface area contributed by atoms with Gasteiger partial charge < -0.3 is 10.6 Å². The van der Waals surface area contributed by atoms with Gasteiger partial charge in [0, 0.05) is 36.6 Å². The summed E-state index contributed by atoms with van der Waals surface area (Å²) in [5.41, 5.74) is 1.85. The van der Waals surface area contributed by atoms with Crippen molar-refractivity contribution in [2.45, 2.75) is 83.2 Å². The van der Waals surface area contributed by atoms with Crippen molar-refractivity contribution >= 4 is 40.1 Å². The van der Waals surface area contributed by atoms with E-state index in [0.717, 1.165) is 49.5 Å². The van der Waals surface area contributed by atoms with E-state index in [4.69, 9.17) is 0 Å². The van der Waals surface area contributed by atoms with E-state index >= 15 is 0 Å². The number of hydrogen-bond acceptors (Lipinski definition) is 6. The average molecular weight is 596 g/mol. The minimum absolute atomic E-state index is 0.0445. The summed E-state index contributed by atoms with van der Waals surface area (Å²) >= 11 is 0. The Morgan fingerprint density at radius 1 is 0.818 bits per heavy atom. The van der Waals surface area contributed by atoms with Crippen molar-refractivity contribution in [1.82, 2.24) is 15.6 Å². The number of carbonyl (C=O) groups is 5. The number of ketones is 3. The van der Waals surface area contributed by atoms with E-state index in [2.05, 4.69) is 15.6 Å². The number of para-hydroxylation sites is 1. The van der Waals surface area contributed by atoms with Gasteiger partial charge in [0.25, 0.3) is 5.91 Å². The van der Waals surface area contributed by atoms with Gasteiger partial charge in [0.2, 0.25) is 11.7 Å². The number of pyridine rings is 1. The second kappa shape index (κ2) is 15.0. The van der Waals surface area contributed by atoms with Crippen LogP contribution in [0.1, 0.15) is 86.7 Å². The van der Waals surface area contributed by atoms with Gasteiger partial charge in [-0.15, -0.1) is 0 Å². The molecule has 2 aromatic carbocycles. The number of nitrogens with zero attached hydrogens (tertiary/aromatic N) is 1. The van der Waals surface area contributed by atoms with Crippen molar-refractivity contribution in [3.05, 3.63) is 78.0 Å². The van der Waals surface area contributed by atoms with Crippen molar-refractivity contribution < 1.29 is 24.0 Å². The van der Waals surface area contributed by atoms with Crippen molar-refractivity contribution in [2.75, 3.05) is 0 Å². The smallest absolute Gasteiger partial charge is 0.289 e. The summed E-state index contributed by atoms with van der Waals surface area (Å²) < 4.78 is 0. The summed E-state index contributed by atoms with van der Waals surface area (Å²) in [4.78, 5) is 70.9. The molecule has 2 aliphatic rings. The Morgan fingerprint density at radius 2 is 1.57 bits per heavy atom. The first-order valence-corrected chi connectivity index (χ1v) is 16.0. The maximum absolute atomic E-state index is 13.9. The van der Waals surface area contributed by atoms with Gasteiger partial charge in [0.1, 0.15) is 11.5 Å². The molecule has 2 aliphatic carbocycles. The van der Waals surface area contributed by atoms with E-state index in [1.807, 2.05) is 60.7 Å². The summed E-state index contributed by atoms with van der Waals surface area (Å²) in [5.74, 6) is -2.94. The Labute approximate surface area is 258 Å². The molecule has 44 heavy (non-hydrogen) atoms. The van der Waals surface area contributed by atoms with Crippen molar-refractivity contribution in [2.24, 2.45) is 17.8 Å². The Balaban J connectivity index is 1.33. The van der Waals surface area contributed by atoms with Crippen LogP contribution in [0.3, 0.4) is 0 Å². The summed E-state index contributed by atoms with van der Waals surface area (Å²) in [6.45, 7) is 0.173. The fraction of sp³-hybridized carbons (Fsp3) is 0.444. The second-order valence-corrected chi connectivity index (χ2v) is 12.3. The third kappa shape index (κ3) is 8.24. The number of nitrogens with one attached hydrogen (secondary N) is 2. The maximum Gasteiger partial charge on any atom is 0.289 e. The minimum atomic E-state index is -1.15. The average Bonchev–Trinajstić information content (AvgIpc) is 3.46. The fourth-order valence-corrected chi connectivity index (χ4v) is 6.62. The highest BCUT2D eigenvalue weighted by atomic mass is 16.2. The van der Waals surface area contributed by atoms with Gasteiger partial charge in [-0.25, -0.2) is 4.98 Å². The van der Waals surface area contributed by atoms with Crippen LogP contribution in [0.5, 0.6) is 0 Å². The molecule has 8 nitrogen and oxygen atoms in total. The van der Waals surface area contributed by atoms with Crippen LogP contribution in [0.15, 0.2) is 66.7 Å². The predicted molar refractivity (Wildman–Crippen MR) is 168 cm³/mol. The van der Waals surface area contributed by atoms with E-state index < -0.39 is 29.6 Å². The first-order chi connectivity index (χ1) is 21.4. The van der Waals surface area contributed by atoms with Gasteiger partial charge in [-0.3, -0.25) is 24.0 Å². The topological polar surface area (TPSA) is 122 Å². The molecule has 3 aromatic rings. The van der Waals surface area contributed by atoms with Crippen molar-refractivity contribution in [1.29, 1.82) is 0 Å². The van der Waals surface area contributed by atoms with E-state index in [0.29, 0.717) is 36.4 Å². The zero-order valence-electron chi connectivity index (χ0n) is 25.1. The van der Waals surface area contributed by atoms with Crippen LogP contribution in [-0.4, -0.2) is 40.2 Å². The zero-order valence-corrected chi connectivity index (χ0v) is 25.1. The van der Waals surface area contributed by atoms with Crippen LogP contribution >= 0.6 is 0 Å². The molecule has 3 atom stereocenters. The van der Waals surface area contributed by atoms with Gasteiger partial charge in [0.15, 0.2) is 5.78 Å². The number of hydrogen-bond donors (Lipinski definition) is 2. The second-order valence-electron chi connectivity index (χ2n) is 12.3. The van der Waals surface area contributed by atoms with Gasteiger partial charge in [-0.1, -0.05) is 86.7 Å². The highest BCUT2D eigenvalue weighted by Gasteiger charge is 2.36. The Hall–Kier alpha value is -4.20. The van der Waals surface area contributed by atoms with Crippen LogP contribution in [0.2, 0.25) is 0 Å². The monoisotopic (exact) mass is 595 g/mol. The summed E-state index contributed by atoms with van der Waals surface area (Å²) in [6.07, 6.45) is 7.69. The maximum atomic E-state index is 13.9. The lowest BCUT2D eigenvalue weighted by Gasteiger charge is -2.27. The number of Topliss-reactive ketones (excluding diaryl/α,β-unsaturated/α-hetero) is 3. The molecule has 2 saturated carbocycles. The molecular formula is C36H41N3O5. The molecule has 2 fully saturated rings. The summed E-state index contributed by atoms with van der Waals surface area (Å²) in [7, 11) is 0. The molecule has 5 rings (SSSR count). The molecule has 0 spiro atoms. The standard InChI is InChI=1S/C36H41N3O5/c40-32-17-9-15-27(32)21-31(34(42)36(44)37-23-25-12-5-2-6-13-25)39-35(43)28(20-24-10-3-1-4-11-24)22-33(41)30-19-18-26-14-7-8-16-29(26)38-30/h2,5-8,12-14,16,18-19,24,27-28,31H,1,3-4,9-11,15,17,20-23H2,(H,37,44)(H,39,43)/t27-,28+,31-/m0/s1. The lowest BCUT2D eigenvalue weighted by Crippen LogP contribution is -2.50. The first-order valence-electron chi connectivity index (χ1n) is 16.0. The molecule has 0 radical (unpaired) electrons. The van der Waals surface area contributed by atoms with Crippen LogP contribution < -0.4 is 10.6 Å². The third-order valence-corrected chi connectivity index (χ3v) is 9.13. The molecule has 1 heterocycles. The van der Waals surface area contributed by atoms with Gasteiger partial charge in [-0.05, 0) is 49.3 Å². The van der Waals surface area contributed by atoms with Crippen molar-refractivity contribution in [3.63, 3.8) is 0 Å². The molecule has 2 N–H and O–H groups in total. The molecule has 8 heteroatoms. The zero-order chi connectivity index (χ0) is 30.9. The molecule has 230 valence electrons. The quantitative estimate of drug-likeness (QED) is 0.198. The molecule has 2 amide bonds. The lowest BCUT2D eigenvalue weighted by atomic mass is 9.80. The third-order valence-electron chi connectivity index (χ3n) is 9.13. The van der Waals surface area contributed by atoms with E-state index in [1.54, 1.807) is 6.07 Å². The number of benzene rings is 2. The minimum Gasteiger partial charge on any atom is -0.345 e. The Kier molecular flexibility index (Phi) is 10.6. The van der Waals surface area contributed by atoms with Gasteiger partial charge in [-0.2, -0.15) is 0 Å². The molecule has 0 saturated heterocycles. The highest BCUT2D eigenvalue weighted by molar-refractivity contribution is 6.38. The van der Waals surface area contributed by atoms with Crippen LogP contribution in [0.25, 0.3) is 10.9 Å². The normalized spacial score (nSPS) is 18.5. The summed E-state index contributed by atoms with van der Waals surface area (Å²) in [5, 5.41) is 6.43. The molecule has 0 unspecified atom stereocenters. The van der Waals surface area contributed by atoms with Crippen molar-refractivity contribution in [3.8, 4) is 0 Å². The lowest BCUT2D eigenvalue weighted by molar-refractivity contribution is -0.141. The summed E-state index contributed by atoms with van der Waals surface area (Å²) in [6, 6.07) is 19.2. The fourth-order valence-electron chi connectivity index (χ4n) is 6.62. The highest BCUT2D eigenvalue weighted by Crippen LogP contribution is 2.31. The molecular weight excluding hydrogens is 554 g/mol. The van der Waals surface area contributed by atoms with E-state index in [-0.39, 0.29) is 36.9 Å². The molecule has 0 aliphatic heterocycles. The molecule has 0 bridgehead atoms. The predicted octanol–water partition coefficient (Wildman–Crippen LogP) is 5.52. The van der Waals surface area contributed by atoms with Gasteiger partial charge in [0.05, 0.1) is 11.6 Å². The number of fused-ring (bicyclic) bond motifs is 1. The number of rotatable bonds is 13. The number of carbonyl (C=O) groups excluding carboxylic acids is 5. The Morgan fingerprint density at radius 3 is 2.32 bits per heavy atom. The van der Waals surface area contributed by atoms with Gasteiger partial charge >= 0.3 is 0 Å². The van der Waals surface area contributed by atoms with Crippen LogP contribution in [0.4, 0.5) is 0 Å². The van der Waals surface area contributed by atoms with Crippen LogP contribution in [0, 0.1) is 17.8 Å². The van der Waals surface area contributed by atoms with E-state index in [1.165, 1.54) is 0 Å². The first kappa shape index (κ1) is 31.2. The number of amides is 2. The largest absolute Gasteiger partial charge is 0.345 e. The SMILES string of the molecule is O=C(NCc1ccccc1)C(=O)[C@H](C[C@@H]1CCCC1=O)NC(=O)[C@@H](CC(=O)c1ccc2ccccc2n1)CC1CCCCC1. The number of aromatic nitrogens is 1. The van der Waals surface area contributed by atoms with Crippen LogP contribution in [-0.2, 0) is 25.7 Å².